The lowest BCUT2D eigenvalue weighted by atomic mass is 10.2. The topological polar surface area (TPSA) is 98.7 Å². The van der Waals surface area contributed by atoms with E-state index in [1.54, 1.807) is 0 Å². The van der Waals surface area contributed by atoms with E-state index in [2.05, 4.69) is 16.2 Å². The number of pyridine rings is 1. The summed E-state index contributed by atoms with van der Waals surface area (Å²) < 4.78 is 57.6. The van der Waals surface area contributed by atoms with Crippen LogP contribution < -0.4 is 21.0 Å². The van der Waals surface area contributed by atoms with Crippen molar-refractivity contribution < 1.29 is 32.4 Å². The van der Waals surface area contributed by atoms with Gasteiger partial charge in [-0.1, -0.05) is 0 Å². The third-order valence-electron chi connectivity index (χ3n) is 5.34. The smallest absolute Gasteiger partial charge is 0.419 e. The number of ether oxygens (including phenoxy) is 3. The first-order valence-corrected chi connectivity index (χ1v) is 10.7. The fourth-order valence-electron chi connectivity index (χ4n) is 3.60. The average Bonchev–Trinajstić information content (AvgIpc) is 2.82. The van der Waals surface area contributed by atoms with Crippen LogP contribution in [0.4, 0.5) is 13.2 Å². The maximum atomic E-state index is 13.0. The Kier molecular flexibility index (Phi) is 6.85. The Morgan fingerprint density at radius 3 is 2.82 bits per heavy atom. The zero-order valence-electron chi connectivity index (χ0n) is 18.3. The van der Waals surface area contributed by atoms with Crippen LogP contribution in [0.2, 0.25) is 0 Å². The molecule has 4 rings (SSSR count). The molecule has 1 aliphatic heterocycles. The highest BCUT2D eigenvalue weighted by Gasteiger charge is 2.31. The van der Waals surface area contributed by atoms with Gasteiger partial charge in [0.1, 0.15) is 5.75 Å². The van der Waals surface area contributed by atoms with E-state index in [1.165, 1.54) is 17.7 Å². The molecule has 0 spiro atoms. The van der Waals surface area contributed by atoms with E-state index in [0.717, 1.165) is 36.1 Å². The van der Waals surface area contributed by atoms with Crippen molar-refractivity contribution in [2.45, 2.75) is 44.7 Å². The minimum absolute atomic E-state index is 0.0623. The summed E-state index contributed by atoms with van der Waals surface area (Å²) in [6.45, 7) is 1.08. The van der Waals surface area contributed by atoms with Crippen molar-refractivity contribution in [3.05, 3.63) is 57.1 Å². The summed E-state index contributed by atoms with van der Waals surface area (Å²) in [6, 6.07) is 2.06. The highest BCUT2D eigenvalue weighted by Crippen LogP contribution is 2.31. The van der Waals surface area contributed by atoms with E-state index in [-0.39, 0.29) is 35.4 Å². The number of hydrogen-bond donors (Lipinski definition) is 0. The predicted molar refractivity (Wildman–Crippen MR) is 111 cm³/mol. The second-order valence-electron chi connectivity index (χ2n) is 7.80. The Labute approximate surface area is 191 Å². The molecule has 34 heavy (non-hydrogen) atoms. The first-order chi connectivity index (χ1) is 16.2. The van der Waals surface area contributed by atoms with Crippen LogP contribution in [0.15, 0.2) is 34.1 Å². The molecule has 4 heterocycles. The minimum Gasteiger partial charge on any atom is -0.442 e. The Hall–Kier alpha value is -3.43. The maximum absolute atomic E-state index is 13.0. The third kappa shape index (κ3) is 5.21. The molecule has 12 heteroatoms. The van der Waals surface area contributed by atoms with Crippen molar-refractivity contribution in [3.8, 4) is 11.5 Å². The molecule has 3 aromatic heterocycles. The van der Waals surface area contributed by atoms with Gasteiger partial charge >= 0.3 is 17.5 Å². The van der Waals surface area contributed by atoms with Gasteiger partial charge in [-0.2, -0.15) is 17.7 Å². The molecular weight excluding hydrogens is 457 g/mol. The summed E-state index contributed by atoms with van der Waals surface area (Å²) >= 11 is 0. The van der Waals surface area contributed by atoms with Gasteiger partial charge in [-0.3, -0.25) is 9.78 Å². The van der Waals surface area contributed by atoms with Gasteiger partial charge in [0.05, 0.1) is 25.4 Å². The SMILES string of the molecule is Cn1c(=O)n(CCCOC2CCCCO2)c(=O)c2cc(Oc3cncc(C(F)(F)F)c3)c#[n+]c21. The monoisotopic (exact) mass is 479 g/mol. The van der Waals surface area contributed by atoms with Gasteiger partial charge < -0.3 is 14.2 Å². The van der Waals surface area contributed by atoms with E-state index >= 15 is 0 Å². The molecule has 1 fully saturated rings. The van der Waals surface area contributed by atoms with Crippen molar-refractivity contribution in [3.63, 3.8) is 0 Å². The Bertz CT molecular complexity index is 1280. The van der Waals surface area contributed by atoms with Gasteiger partial charge in [0.2, 0.25) is 11.9 Å². The van der Waals surface area contributed by atoms with Gasteiger partial charge in [0.15, 0.2) is 11.7 Å². The van der Waals surface area contributed by atoms with Crippen LogP contribution >= 0.6 is 0 Å². The Morgan fingerprint density at radius 1 is 1.26 bits per heavy atom. The molecule has 1 unspecified atom stereocenters. The average molecular weight is 479 g/mol. The lowest BCUT2D eigenvalue weighted by Crippen LogP contribution is -2.40. The molecule has 0 amide bonds. The Balaban J connectivity index is 1.54. The van der Waals surface area contributed by atoms with E-state index in [0.29, 0.717) is 25.8 Å². The molecule has 0 aliphatic carbocycles. The van der Waals surface area contributed by atoms with E-state index in [4.69, 9.17) is 14.2 Å². The highest BCUT2D eigenvalue weighted by molar-refractivity contribution is 5.71. The van der Waals surface area contributed by atoms with Gasteiger partial charge in [-0.25, -0.2) is 9.36 Å². The molecule has 0 bridgehead atoms. The standard InChI is InChI=1S/C22H22F3N4O5/c1-28-19-17(10-16(13-27-19)34-15-9-14(11-26-12-15)22(23,24)25)20(30)29(21(28)31)6-4-8-33-18-5-2-3-7-32-18/h9-12,18H,2-8H2,1H3/q+1. The third-order valence-corrected chi connectivity index (χ3v) is 5.34. The number of hydrogen-bond acceptors (Lipinski definition) is 6. The fourth-order valence-corrected chi connectivity index (χ4v) is 3.60. The van der Waals surface area contributed by atoms with Crippen molar-refractivity contribution in [1.82, 2.24) is 14.1 Å². The quantitative estimate of drug-likeness (QED) is 0.480. The number of nitrogens with zero attached hydrogens (tertiary/aromatic N) is 4. The summed E-state index contributed by atoms with van der Waals surface area (Å²) in [5.74, 6) is -0.284. The molecule has 0 aromatic carbocycles. The van der Waals surface area contributed by atoms with Crippen LogP contribution in [0.3, 0.4) is 0 Å². The molecule has 180 valence electrons. The number of fused-ring (bicyclic) bond motifs is 1. The van der Waals surface area contributed by atoms with Crippen LogP contribution in [0.5, 0.6) is 11.5 Å². The van der Waals surface area contributed by atoms with Crippen LogP contribution in [0, 0.1) is 6.20 Å². The molecule has 0 radical (unpaired) electrons. The van der Waals surface area contributed by atoms with Crippen LogP contribution in [-0.4, -0.2) is 33.6 Å². The summed E-state index contributed by atoms with van der Waals surface area (Å²) in [5.41, 5.74) is -2.06. The van der Waals surface area contributed by atoms with Crippen LogP contribution in [-0.2, 0) is 29.2 Å². The molecule has 1 saturated heterocycles. The molecule has 1 aliphatic rings. The molecule has 0 N–H and O–H groups in total. The summed E-state index contributed by atoms with van der Waals surface area (Å²) in [6.07, 6.45) is 2.67. The minimum atomic E-state index is -4.59. The first kappa shape index (κ1) is 23.7. The van der Waals surface area contributed by atoms with E-state index < -0.39 is 23.0 Å². The highest BCUT2D eigenvalue weighted by atomic mass is 19.4. The largest absolute Gasteiger partial charge is 0.442 e. The lowest BCUT2D eigenvalue weighted by Gasteiger charge is -2.22. The van der Waals surface area contributed by atoms with Crippen molar-refractivity contribution >= 4 is 11.0 Å². The second-order valence-corrected chi connectivity index (χ2v) is 7.80. The van der Waals surface area contributed by atoms with Gasteiger partial charge in [0, 0.05) is 25.4 Å². The zero-order chi connectivity index (χ0) is 24.3. The summed E-state index contributed by atoms with van der Waals surface area (Å²) in [7, 11) is 1.46. The summed E-state index contributed by atoms with van der Waals surface area (Å²) in [5, 5.41) is 0.0623. The van der Waals surface area contributed by atoms with Gasteiger partial charge in [-0.05, 0) is 31.7 Å². The molecule has 0 saturated carbocycles. The predicted octanol–water partition coefficient (Wildman–Crippen LogP) is 2.24. The van der Waals surface area contributed by atoms with Crippen molar-refractivity contribution in [2.75, 3.05) is 13.2 Å². The maximum Gasteiger partial charge on any atom is 0.419 e. The number of rotatable bonds is 7. The summed E-state index contributed by atoms with van der Waals surface area (Å²) in [4.78, 5) is 33.2. The molecular formula is C22H22F3N4O5+. The molecule has 9 nitrogen and oxygen atoms in total. The number of halogens is 3. The number of alkyl halides is 3. The lowest BCUT2D eigenvalue weighted by molar-refractivity contribution is -0.265. The van der Waals surface area contributed by atoms with Crippen molar-refractivity contribution in [1.29, 1.82) is 0 Å². The van der Waals surface area contributed by atoms with Crippen LogP contribution in [0.25, 0.3) is 11.0 Å². The second kappa shape index (κ2) is 9.82. The van der Waals surface area contributed by atoms with E-state index in [9.17, 15) is 22.8 Å². The Morgan fingerprint density at radius 2 is 2.09 bits per heavy atom. The normalized spacial score (nSPS) is 16.4. The zero-order valence-corrected chi connectivity index (χ0v) is 18.3. The van der Waals surface area contributed by atoms with E-state index in [1.807, 2.05) is 0 Å². The molecule has 1 atom stereocenters. The first-order valence-electron chi connectivity index (χ1n) is 10.7. The van der Waals surface area contributed by atoms with Gasteiger partial charge in [-0.15, -0.1) is 4.98 Å². The van der Waals surface area contributed by atoms with Gasteiger partial charge in [0.25, 0.3) is 5.56 Å². The molecule has 3 aromatic rings. The van der Waals surface area contributed by atoms with Crippen molar-refractivity contribution in [2.24, 2.45) is 7.05 Å². The number of aromatic nitrogens is 4. The fraction of sp³-hybridized carbons (Fsp3) is 0.455. The number of aryl methyl sites for hydroxylation is 1. The van der Waals surface area contributed by atoms with Crippen LogP contribution in [0.1, 0.15) is 31.2 Å².